The van der Waals surface area contributed by atoms with E-state index >= 15 is 0 Å². The predicted molar refractivity (Wildman–Crippen MR) is 79.7 cm³/mol. The second kappa shape index (κ2) is 6.92. The van der Waals surface area contributed by atoms with Crippen molar-refractivity contribution in [3.63, 3.8) is 0 Å². The lowest BCUT2D eigenvalue weighted by Gasteiger charge is -2.06. The third-order valence-corrected chi connectivity index (χ3v) is 2.63. The lowest BCUT2D eigenvalue weighted by molar-refractivity contribution is 0.355. The molecular formula is C18H14O2. The van der Waals surface area contributed by atoms with E-state index in [0.29, 0.717) is 11.5 Å². The van der Waals surface area contributed by atoms with Crippen LogP contribution in [0, 0.1) is 23.7 Å². The van der Waals surface area contributed by atoms with E-state index in [2.05, 4.69) is 23.7 Å². The second-order valence-electron chi connectivity index (χ2n) is 3.94. The summed E-state index contributed by atoms with van der Waals surface area (Å²) in [4.78, 5) is 0. The monoisotopic (exact) mass is 262 g/mol. The molecule has 0 bridgehead atoms. The Bertz CT molecular complexity index is 695. The van der Waals surface area contributed by atoms with Crippen molar-refractivity contribution >= 4 is 0 Å². The van der Waals surface area contributed by atoms with Crippen LogP contribution in [0.15, 0.2) is 48.5 Å². The number of methoxy groups -OCH3 is 2. The SMILES string of the molecule is COc1ccc(C#CC#Cc2ccccc2)cc1OC. The fraction of sp³-hybridized carbons (Fsp3) is 0.111. The summed E-state index contributed by atoms with van der Waals surface area (Å²) in [5, 5.41) is 0. The van der Waals surface area contributed by atoms with Crippen molar-refractivity contribution < 1.29 is 9.47 Å². The van der Waals surface area contributed by atoms with E-state index in [0.717, 1.165) is 11.1 Å². The molecule has 0 atom stereocenters. The molecule has 0 aliphatic heterocycles. The zero-order valence-corrected chi connectivity index (χ0v) is 11.4. The van der Waals surface area contributed by atoms with Crippen molar-refractivity contribution in [1.29, 1.82) is 0 Å². The highest BCUT2D eigenvalue weighted by molar-refractivity contribution is 5.50. The molecule has 2 rings (SSSR count). The number of rotatable bonds is 2. The molecule has 0 amide bonds. The fourth-order valence-corrected chi connectivity index (χ4v) is 1.64. The largest absolute Gasteiger partial charge is 0.493 e. The van der Waals surface area contributed by atoms with Crippen LogP contribution in [0.25, 0.3) is 0 Å². The molecule has 2 aromatic rings. The first kappa shape index (κ1) is 13.6. The van der Waals surface area contributed by atoms with E-state index in [1.165, 1.54) is 0 Å². The molecule has 20 heavy (non-hydrogen) atoms. The van der Waals surface area contributed by atoms with Crippen molar-refractivity contribution in [2.45, 2.75) is 0 Å². The summed E-state index contributed by atoms with van der Waals surface area (Å²) in [5.41, 5.74) is 1.79. The van der Waals surface area contributed by atoms with Gasteiger partial charge >= 0.3 is 0 Å². The number of benzene rings is 2. The molecular weight excluding hydrogens is 248 g/mol. The zero-order valence-electron chi connectivity index (χ0n) is 11.4. The first-order chi connectivity index (χ1) is 9.83. The zero-order chi connectivity index (χ0) is 14.2. The normalized spacial score (nSPS) is 8.70. The standard InChI is InChI=1S/C18H14O2/c1-19-17-13-12-16(14-18(17)20-2)11-7-6-10-15-8-4-3-5-9-15/h3-5,8-9,12-14H,1-2H3. The van der Waals surface area contributed by atoms with Crippen LogP contribution in [0.3, 0.4) is 0 Å². The fourth-order valence-electron chi connectivity index (χ4n) is 1.64. The Morgan fingerprint density at radius 1 is 0.700 bits per heavy atom. The van der Waals surface area contributed by atoms with Gasteiger partial charge in [-0.1, -0.05) is 30.0 Å². The molecule has 0 heterocycles. The van der Waals surface area contributed by atoms with Gasteiger partial charge in [-0.2, -0.15) is 0 Å². The Hall–Kier alpha value is -2.84. The number of hydrogen-bond donors (Lipinski definition) is 0. The van der Waals surface area contributed by atoms with E-state index in [-0.39, 0.29) is 0 Å². The highest BCUT2D eigenvalue weighted by Crippen LogP contribution is 2.26. The average Bonchev–Trinajstić information content (AvgIpc) is 2.52. The first-order valence-corrected chi connectivity index (χ1v) is 6.12. The molecule has 0 aliphatic rings. The van der Waals surface area contributed by atoms with Gasteiger partial charge in [-0.25, -0.2) is 0 Å². The maximum atomic E-state index is 5.22. The highest BCUT2D eigenvalue weighted by Gasteiger charge is 2.02. The lowest BCUT2D eigenvalue weighted by Crippen LogP contribution is -1.90. The minimum Gasteiger partial charge on any atom is -0.493 e. The van der Waals surface area contributed by atoms with Gasteiger partial charge in [0.15, 0.2) is 11.5 Å². The van der Waals surface area contributed by atoms with Crippen molar-refractivity contribution in [2.24, 2.45) is 0 Å². The summed E-state index contributed by atoms with van der Waals surface area (Å²) >= 11 is 0. The van der Waals surface area contributed by atoms with Crippen LogP contribution in [-0.2, 0) is 0 Å². The topological polar surface area (TPSA) is 18.5 Å². The van der Waals surface area contributed by atoms with Crippen molar-refractivity contribution in [3.05, 3.63) is 59.7 Å². The third kappa shape index (κ3) is 3.57. The summed E-state index contributed by atoms with van der Waals surface area (Å²) in [5.74, 6) is 13.0. The predicted octanol–water partition coefficient (Wildman–Crippen LogP) is 3.11. The van der Waals surface area contributed by atoms with Crippen LogP contribution in [0.5, 0.6) is 11.5 Å². The molecule has 2 heteroatoms. The van der Waals surface area contributed by atoms with Crippen LogP contribution in [0.4, 0.5) is 0 Å². The van der Waals surface area contributed by atoms with Crippen LogP contribution >= 0.6 is 0 Å². The molecule has 0 saturated heterocycles. The summed E-state index contributed by atoms with van der Waals surface area (Å²) in [6.07, 6.45) is 0. The van der Waals surface area contributed by atoms with Crippen LogP contribution < -0.4 is 9.47 Å². The van der Waals surface area contributed by atoms with Gasteiger partial charge in [0, 0.05) is 11.1 Å². The second-order valence-corrected chi connectivity index (χ2v) is 3.94. The van der Waals surface area contributed by atoms with E-state index in [1.54, 1.807) is 14.2 Å². The Balaban J connectivity index is 2.16. The Labute approximate surface area is 119 Å². The molecule has 0 aromatic heterocycles. The summed E-state index contributed by atoms with van der Waals surface area (Å²) < 4.78 is 10.4. The summed E-state index contributed by atoms with van der Waals surface area (Å²) in [6.45, 7) is 0. The molecule has 0 aliphatic carbocycles. The third-order valence-electron chi connectivity index (χ3n) is 2.63. The lowest BCUT2D eigenvalue weighted by atomic mass is 10.2. The maximum absolute atomic E-state index is 5.22. The molecule has 0 saturated carbocycles. The van der Waals surface area contributed by atoms with E-state index in [1.807, 2.05) is 48.5 Å². The Morgan fingerprint density at radius 3 is 2.00 bits per heavy atom. The van der Waals surface area contributed by atoms with E-state index in [9.17, 15) is 0 Å². The van der Waals surface area contributed by atoms with Gasteiger partial charge in [0.25, 0.3) is 0 Å². The van der Waals surface area contributed by atoms with Gasteiger partial charge in [-0.15, -0.1) is 0 Å². The Kier molecular flexibility index (Phi) is 4.70. The first-order valence-electron chi connectivity index (χ1n) is 6.12. The van der Waals surface area contributed by atoms with Crippen molar-refractivity contribution in [1.82, 2.24) is 0 Å². The minimum absolute atomic E-state index is 0.662. The van der Waals surface area contributed by atoms with Crippen molar-refractivity contribution in [3.8, 4) is 35.2 Å². The van der Waals surface area contributed by atoms with Gasteiger partial charge in [0.05, 0.1) is 14.2 Å². The van der Waals surface area contributed by atoms with Gasteiger partial charge in [0.2, 0.25) is 0 Å². The highest BCUT2D eigenvalue weighted by atomic mass is 16.5. The molecule has 2 nitrogen and oxygen atoms in total. The average molecular weight is 262 g/mol. The van der Waals surface area contributed by atoms with Crippen LogP contribution in [0.2, 0.25) is 0 Å². The molecule has 2 aromatic carbocycles. The quantitative estimate of drug-likeness (QED) is 0.774. The molecule has 0 unspecified atom stereocenters. The van der Waals surface area contributed by atoms with E-state index < -0.39 is 0 Å². The Morgan fingerprint density at radius 2 is 1.35 bits per heavy atom. The minimum atomic E-state index is 0.662. The van der Waals surface area contributed by atoms with Crippen LogP contribution in [0.1, 0.15) is 11.1 Å². The van der Waals surface area contributed by atoms with Crippen molar-refractivity contribution in [2.75, 3.05) is 14.2 Å². The number of ether oxygens (including phenoxy) is 2. The molecule has 0 fully saturated rings. The summed E-state index contributed by atoms with van der Waals surface area (Å²) in [7, 11) is 3.21. The van der Waals surface area contributed by atoms with Gasteiger partial charge in [0.1, 0.15) is 0 Å². The molecule has 98 valence electrons. The van der Waals surface area contributed by atoms with Gasteiger partial charge in [-0.05, 0) is 42.2 Å². The molecule has 0 spiro atoms. The summed E-state index contributed by atoms with van der Waals surface area (Å²) in [6, 6.07) is 15.3. The van der Waals surface area contributed by atoms with Gasteiger partial charge in [-0.3, -0.25) is 0 Å². The smallest absolute Gasteiger partial charge is 0.161 e. The molecule has 0 radical (unpaired) electrons. The van der Waals surface area contributed by atoms with E-state index in [4.69, 9.17) is 9.47 Å². The van der Waals surface area contributed by atoms with Gasteiger partial charge < -0.3 is 9.47 Å². The maximum Gasteiger partial charge on any atom is 0.161 e. The number of hydrogen-bond acceptors (Lipinski definition) is 2. The van der Waals surface area contributed by atoms with Crippen LogP contribution in [-0.4, -0.2) is 14.2 Å². The molecule has 0 N–H and O–H groups in total.